The van der Waals surface area contributed by atoms with Gasteiger partial charge in [-0.1, -0.05) is 260 Å². The van der Waals surface area contributed by atoms with Gasteiger partial charge >= 0.3 is 17.9 Å². The van der Waals surface area contributed by atoms with Crippen LogP contribution in [0.15, 0.2) is 85.1 Å². The highest BCUT2D eigenvalue weighted by molar-refractivity contribution is 5.71. The summed E-state index contributed by atoms with van der Waals surface area (Å²) in [5, 5.41) is 0. The summed E-state index contributed by atoms with van der Waals surface area (Å²) in [6.45, 7) is 6.46. The first-order chi connectivity index (χ1) is 32.5. The number of esters is 3. The van der Waals surface area contributed by atoms with Crippen molar-refractivity contribution in [3.8, 4) is 0 Å². The van der Waals surface area contributed by atoms with E-state index in [4.69, 9.17) is 14.2 Å². The molecule has 0 N–H and O–H groups in total. The van der Waals surface area contributed by atoms with Gasteiger partial charge in [-0.05, 0) is 64.2 Å². The van der Waals surface area contributed by atoms with Crippen molar-refractivity contribution < 1.29 is 28.6 Å². The van der Waals surface area contributed by atoms with E-state index >= 15 is 0 Å². The molecule has 0 aromatic rings. The fraction of sp³-hybridized carbons (Fsp3) is 0.717. The summed E-state index contributed by atoms with van der Waals surface area (Å²) < 4.78 is 16.8. The SMILES string of the molecule is CC\C=C/C=C\C=C/C=C\C=C/CCCCCC(=O)OC(COC(=O)CCCCCCC/C=C\C=C/CCCCCCCCC)COC(=O)CCCCCCCCCCCCCCCCC. The van der Waals surface area contributed by atoms with Crippen LogP contribution in [0.2, 0.25) is 0 Å². The Morgan fingerprint density at radius 3 is 0.955 bits per heavy atom. The molecule has 0 bridgehead atoms. The van der Waals surface area contributed by atoms with Crippen molar-refractivity contribution in [2.45, 2.75) is 264 Å². The Labute approximate surface area is 407 Å². The molecule has 66 heavy (non-hydrogen) atoms. The van der Waals surface area contributed by atoms with Crippen molar-refractivity contribution in [3.63, 3.8) is 0 Å². The Kier molecular flexibility index (Phi) is 51.4. The number of carbonyl (C=O) groups excluding carboxylic acids is 3. The minimum Gasteiger partial charge on any atom is -0.462 e. The lowest BCUT2D eigenvalue weighted by atomic mass is 10.0. The number of hydrogen-bond acceptors (Lipinski definition) is 6. The van der Waals surface area contributed by atoms with E-state index in [0.717, 1.165) is 83.5 Å². The van der Waals surface area contributed by atoms with E-state index in [0.29, 0.717) is 19.3 Å². The zero-order chi connectivity index (χ0) is 47.9. The summed E-state index contributed by atoms with van der Waals surface area (Å²) in [6, 6.07) is 0. The Bertz CT molecular complexity index is 1290. The first kappa shape index (κ1) is 62.6. The Morgan fingerprint density at radius 2 is 0.591 bits per heavy atom. The van der Waals surface area contributed by atoms with E-state index in [1.54, 1.807) is 0 Å². The van der Waals surface area contributed by atoms with Gasteiger partial charge in [0.15, 0.2) is 6.10 Å². The molecule has 6 heteroatoms. The lowest BCUT2D eigenvalue weighted by Gasteiger charge is -2.18. The maximum absolute atomic E-state index is 12.8. The summed E-state index contributed by atoms with van der Waals surface area (Å²) in [5.41, 5.74) is 0. The number of rotatable bonds is 49. The quantitative estimate of drug-likeness (QED) is 0.0262. The first-order valence-corrected chi connectivity index (χ1v) is 27.7. The maximum Gasteiger partial charge on any atom is 0.306 e. The highest BCUT2D eigenvalue weighted by Crippen LogP contribution is 2.15. The average Bonchev–Trinajstić information content (AvgIpc) is 3.31. The van der Waals surface area contributed by atoms with Crippen LogP contribution in [0.3, 0.4) is 0 Å². The number of hydrogen-bond donors (Lipinski definition) is 0. The van der Waals surface area contributed by atoms with Crippen LogP contribution in [-0.4, -0.2) is 37.2 Å². The molecule has 0 spiro atoms. The third-order valence-electron chi connectivity index (χ3n) is 11.8. The molecule has 0 aliphatic rings. The molecule has 1 unspecified atom stereocenters. The zero-order valence-corrected chi connectivity index (χ0v) is 43.2. The summed E-state index contributed by atoms with van der Waals surface area (Å²) >= 11 is 0. The van der Waals surface area contributed by atoms with Crippen LogP contribution >= 0.6 is 0 Å². The molecule has 0 rings (SSSR count). The predicted molar refractivity (Wildman–Crippen MR) is 284 cm³/mol. The molecule has 0 radical (unpaired) electrons. The largest absolute Gasteiger partial charge is 0.462 e. The summed E-state index contributed by atoms with van der Waals surface area (Å²) in [5.74, 6) is -0.950. The maximum atomic E-state index is 12.8. The van der Waals surface area contributed by atoms with E-state index in [1.165, 1.54) is 128 Å². The Balaban J connectivity index is 4.47. The van der Waals surface area contributed by atoms with Gasteiger partial charge in [0.1, 0.15) is 13.2 Å². The van der Waals surface area contributed by atoms with Crippen LogP contribution in [0.5, 0.6) is 0 Å². The molecule has 1 atom stereocenters. The highest BCUT2D eigenvalue weighted by Gasteiger charge is 2.19. The van der Waals surface area contributed by atoms with Crippen LogP contribution in [0.1, 0.15) is 258 Å². The van der Waals surface area contributed by atoms with Gasteiger partial charge in [-0.3, -0.25) is 14.4 Å². The molecule has 0 saturated carbocycles. The van der Waals surface area contributed by atoms with Crippen molar-refractivity contribution in [1.82, 2.24) is 0 Å². The van der Waals surface area contributed by atoms with E-state index in [9.17, 15) is 14.4 Å². The highest BCUT2D eigenvalue weighted by atomic mass is 16.6. The molecule has 0 aliphatic heterocycles. The minimum absolute atomic E-state index is 0.0975. The molecule has 0 fully saturated rings. The van der Waals surface area contributed by atoms with Crippen molar-refractivity contribution >= 4 is 17.9 Å². The average molecular weight is 919 g/mol. The van der Waals surface area contributed by atoms with E-state index in [-0.39, 0.29) is 37.5 Å². The monoisotopic (exact) mass is 919 g/mol. The molecule has 0 saturated heterocycles. The molecule has 0 aromatic heterocycles. The third-order valence-corrected chi connectivity index (χ3v) is 11.8. The lowest BCUT2D eigenvalue weighted by Crippen LogP contribution is -2.30. The van der Waals surface area contributed by atoms with Gasteiger partial charge in [-0.15, -0.1) is 0 Å². The Morgan fingerprint density at radius 1 is 0.318 bits per heavy atom. The summed E-state index contributed by atoms with van der Waals surface area (Å²) in [7, 11) is 0. The fourth-order valence-corrected chi connectivity index (χ4v) is 7.63. The van der Waals surface area contributed by atoms with Crippen LogP contribution in [0, 0.1) is 0 Å². The molecule has 0 amide bonds. The summed E-state index contributed by atoms with van der Waals surface area (Å²) in [4.78, 5) is 38.1. The normalized spacial score (nSPS) is 12.7. The molecule has 6 nitrogen and oxygen atoms in total. The lowest BCUT2D eigenvalue weighted by molar-refractivity contribution is -0.167. The molecule has 378 valence electrons. The van der Waals surface area contributed by atoms with Gasteiger partial charge in [0.05, 0.1) is 0 Å². The number of carbonyl (C=O) groups is 3. The minimum atomic E-state index is -0.804. The first-order valence-electron chi connectivity index (χ1n) is 27.7. The molecule has 0 aromatic carbocycles. The molecular formula is C60H102O6. The second kappa shape index (κ2) is 54.2. The van der Waals surface area contributed by atoms with Crippen LogP contribution < -0.4 is 0 Å². The van der Waals surface area contributed by atoms with Crippen LogP contribution in [0.25, 0.3) is 0 Å². The zero-order valence-electron chi connectivity index (χ0n) is 43.2. The van der Waals surface area contributed by atoms with Gasteiger partial charge in [0, 0.05) is 19.3 Å². The Hall–Kier alpha value is -3.41. The van der Waals surface area contributed by atoms with Crippen LogP contribution in [-0.2, 0) is 28.6 Å². The van der Waals surface area contributed by atoms with E-state index in [2.05, 4.69) is 57.2 Å². The van der Waals surface area contributed by atoms with Gasteiger partial charge < -0.3 is 14.2 Å². The third kappa shape index (κ3) is 51.6. The van der Waals surface area contributed by atoms with Crippen LogP contribution in [0.4, 0.5) is 0 Å². The van der Waals surface area contributed by atoms with Gasteiger partial charge in [-0.25, -0.2) is 0 Å². The fourth-order valence-electron chi connectivity index (χ4n) is 7.63. The number of allylic oxidation sites excluding steroid dienone is 14. The van der Waals surface area contributed by atoms with Gasteiger partial charge in [0.2, 0.25) is 0 Å². The smallest absolute Gasteiger partial charge is 0.306 e. The van der Waals surface area contributed by atoms with Crippen molar-refractivity contribution in [2.24, 2.45) is 0 Å². The van der Waals surface area contributed by atoms with Crippen molar-refractivity contribution in [1.29, 1.82) is 0 Å². The molecular weight excluding hydrogens is 817 g/mol. The molecule has 0 heterocycles. The number of ether oxygens (including phenoxy) is 3. The predicted octanol–water partition coefficient (Wildman–Crippen LogP) is 18.4. The summed E-state index contributed by atoms with van der Waals surface area (Å²) in [6.07, 6.45) is 70.0. The van der Waals surface area contributed by atoms with Gasteiger partial charge in [-0.2, -0.15) is 0 Å². The van der Waals surface area contributed by atoms with E-state index < -0.39 is 6.10 Å². The molecule has 0 aliphatic carbocycles. The topological polar surface area (TPSA) is 78.9 Å². The van der Waals surface area contributed by atoms with E-state index in [1.807, 2.05) is 48.6 Å². The van der Waals surface area contributed by atoms with Crippen molar-refractivity contribution in [2.75, 3.05) is 13.2 Å². The second-order valence-electron chi connectivity index (χ2n) is 18.3. The second-order valence-corrected chi connectivity index (χ2v) is 18.3. The number of unbranched alkanes of at least 4 members (excludes halogenated alkanes) is 29. The van der Waals surface area contributed by atoms with Crippen molar-refractivity contribution in [3.05, 3.63) is 85.1 Å². The van der Waals surface area contributed by atoms with Gasteiger partial charge in [0.25, 0.3) is 0 Å². The standard InChI is InChI=1S/C60H102O6/c1-4-7-10-13-16-19-22-25-28-29-30-33-35-38-41-44-47-50-53-59(62)65-56-57(66-60(63)54-51-48-45-42-39-36-32-27-24-21-18-15-12-9-6-3)55-64-58(61)52-49-46-43-40-37-34-31-26-23-20-17-14-11-8-5-2/h9,12,15,18,21,24,27-30,32-33,36,39,57H,4-8,10-11,13-14,16-17,19-20,22-23,25-26,31,34-35,37-38,40-56H2,1-3H3/b12-9-,18-15-,24-21-,29-28-,32-27-,33-30-,39-36-.